The maximum absolute atomic E-state index is 12.1. The number of hydrogen-bond donors (Lipinski definition) is 1. The maximum Gasteiger partial charge on any atom is 0.338 e. The van der Waals surface area contributed by atoms with Crippen molar-refractivity contribution in [1.82, 2.24) is 5.32 Å². The van der Waals surface area contributed by atoms with Gasteiger partial charge in [0.2, 0.25) is 0 Å². The molecule has 0 bridgehead atoms. The molecule has 0 spiro atoms. The summed E-state index contributed by atoms with van der Waals surface area (Å²) in [5.74, 6) is 0.195. The zero-order valence-corrected chi connectivity index (χ0v) is 15.1. The molecule has 2 atom stereocenters. The van der Waals surface area contributed by atoms with Crippen molar-refractivity contribution < 1.29 is 23.8 Å². The lowest BCUT2D eigenvalue weighted by molar-refractivity contribution is -0.129. The Morgan fingerprint density at radius 3 is 2.56 bits per heavy atom. The summed E-state index contributed by atoms with van der Waals surface area (Å²) >= 11 is 0. The second-order valence-electron chi connectivity index (χ2n) is 6.66. The first-order valence-corrected chi connectivity index (χ1v) is 8.79. The van der Waals surface area contributed by atoms with E-state index >= 15 is 0 Å². The van der Waals surface area contributed by atoms with E-state index in [1.807, 2.05) is 13.8 Å². The quantitative estimate of drug-likeness (QED) is 0.730. The summed E-state index contributed by atoms with van der Waals surface area (Å²) in [6.45, 7) is 7.42. The molecule has 1 heterocycles. The molecule has 0 aromatic heterocycles. The van der Waals surface area contributed by atoms with Gasteiger partial charge < -0.3 is 19.5 Å². The first-order valence-electron chi connectivity index (χ1n) is 8.79. The van der Waals surface area contributed by atoms with Crippen molar-refractivity contribution >= 4 is 11.9 Å². The summed E-state index contributed by atoms with van der Waals surface area (Å²) in [5.41, 5.74) is 0.382. The van der Waals surface area contributed by atoms with Gasteiger partial charge in [-0.25, -0.2) is 4.79 Å². The number of ether oxygens (including phenoxy) is 3. The number of amides is 1. The van der Waals surface area contributed by atoms with Crippen molar-refractivity contribution in [3.8, 4) is 5.75 Å². The van der Waals surface area contributed by atoms with Gasteiger partial charge in [0.15, 0.2) is 6.10 Å². The van der Waals surface area contributed by atoms with Gasteiger partial charge in [-0.3, -0.25) is 4.79 Å². The number of hydrogen-bond acceptors (Lipinski definition) is 5. The van der Waals surface area contributed by atoms with E-state index in [1.165, 1.54) is 0 Å². The first-order chi connectivity index (χ1) is 12.0. The fourth-order valence-electron chi connectivity index (χ4n) is 2.38. The van der Waals surface area contributed by atoms with Crippen LogP contribution in [0.1, 0.15) is 44.0 Å². The first kappa shape index (κ1) is 19.2. The Balaban J connectivity index is 1.79. The molecule has 1 fully saturated rings. The highest BCUT2D eigenvalue weighted by Gasteiger charge is 2.19. The Hall–Kier alpha value is -2.08. The summed E-state index contributed by atoms with van der Waals surface area (Å²) in [5, 5.41) is 2.74. The molecule has 0 aliphatic carbocycles. The van der Waals surface area contributed by atoms with Crippen LogP contribution < -0.4 is 10.1 Å². The minimum Gasteiger partial charge on any atom is -0.491 e. The third kappa shape index (κ3) is 6.38. The monoisotopic (exact) mass is 349 g/mol. The fraction of sp³-hybridized carbons (Fsp3) is 0.579. The van der Waals surface area contributed by atoms with Gasteiger partial charge in [0, 0.05) is 13.2 Å². The van der Waals surface area contributed by atoms with E-state index in [2.05, 4.69) is 5.32 Å². The van der Waals surface area contributed by atoms with Crippen molar-refractivity contribution in [3.63, 3.8) is 0 Å². The van der Waals surface area contributed by atoms with E-state index in [-0.39, 0.29) is 12.0 Å². The Bertz CT molecular complexity index is 564. The van der Waals surface area contributed by atoms with Gasteiger partial charge >= 0.3 is 5.97 Å². The number of rotatable bonds is 8. The number of esters is 1. The molecule has 0 unspecified atom stereocenters. The van der Waals surface area contributed by atoms with Gasteiger partial charge in [-0.1, -0.05) is 13.8 Å². The highest BCUT2D eigenvalue weighted by Crippen LogP contribution is 2.17. The summed E-state index contributed by atoms with van der Waals surface area (Å²) in [7, 11) is 0. The molecule has 2 rings (SSSR count). The smallest absolute Gasteiger partial charge is 0.338 e. The SMILES string of the molecule is CC(C)CNC(=O)[C@H](C)OC(=O)c1ccc(OC[C@@H]2CCCO2)cc1. The van der Waals surface area contributed by atoms with Crippen LogP contribution in [0, 0.1) is 5.92 Å². The Labute approximate surface area is 148 Å². The van der Waals surface area contributed by atoms with Crippen LogP contribution in [-0.4, -0.2) is 43.8 Å². The van der Waals surface area contributed by atoms with E-state index in [1.54, 1.807) is 31.2 Å². The van der Waals surface area contributed by atoms with Crippen molar-refractivity contribution in [2.45, 2.75) is 45.8 Å². The molecule has 1 N–H and O–H groups in total. The van der Waals surface area contributed by atoms with Crippen LogP contribution in [0.15, 0.2) is 24.3 Å². The largest absolute Gasteiger partial charge is 0.491 e. The van der Waals surface area contributed by atoms with Gasteiger partial charge in [-0.05, 0) is 49.9 Å². The predicted octanol–water partition coefficient (Wildman–Crippen LogP) is 2.56. The average molecular weight is 349 g/mol. The highest BCUT2D eigenvalue weighted by atomic mass is 16.5. The summed E-state index contributed by atoms with van der Waals surface area (Å²) < 4.78 is 16.4. The molecule has 6 heteroatoms. The van der Waals surface area contributed by atoms with Crippen LogP contribution in [0.5, 0.6) is 5.75 Å². The second-order valence-corrected chi connectivity index (χ2v) is 6.66. The molecule has 25 heavy (non-hydrogen) atoms. The van der Waals surface area contributed by atoms with Crippen LogP contribution in [0.3, 0.4) is 0 Å². The molecule has 1 aromatic carbocycles. The Morgan fingerprint density at radius 2 is 1.96 bits per heavy atom. The molecule has 1 amide bonds. The predicted molar refractivity (Wildman–Crippen MR) is 93.6 cm³/mol. The molecule has 0 saturated carbocycles. The van der Waals surface area contributed by atoms with E-state index in [0.29, 0.717) is 30.4 Å². The zero-order chi connectivity index (χ0) is 18.2. The standard InChI is InChI=1S/C19H27NO5/c1-13(2)11-20-18(21)14(3)25-19(22)15-6-8-16(9-7-15)24-12-17-5-4-10-23-17/h6-9,13-14,17H,4-5,10-12H2,1-3H3,(H,20,21)/t14-,17-/m0/s1. The number of nitrogens with one attached hydrogen (secondary N) is 1. The van der Waals surface area contributed by atoms with Crippen molar-refractivity contribution in [3.05, 3.63) is 29.8 Å². The highest BCUT2D eigenvalue weighted by molar-refractivity contribution is 5.92. The van der Waals surface area contributed by atoms with Crippen LogP contribution in [0.2, 0.25) is 0 Å². The Kier molecular flexibility index (Phi) is 7.25. The van der Waals surface area contributed by atoms with E-state index in [0.717, 1.165) is 19.4 Å². The molecule has 1 saturated heterocycles. The normalized spacial score (nSPS) is 18.0. The molecule has 6 nitrogen and oxygen atoms in total. The lowest BCUT2D eigenvalue weighted by Gasteiger charge is -2.15. The van der Waals surface area contributed by atoms with E-state index in [4.69, 9.17) is 14.2 Å². The lowest BCUT2D eigenvalue weighted by atomic mass is 10.2. The van der Waals surface area contributed by atoms with Crippen molar-refractivity contribution in [2.75, 3.05) is 19.8 Å². The topological polar surface area (TPSA) is 73.9 Å². The van der Waals surface area contributed by atoms with E-state index < -0.39 is 12.1 Å². The molecule has 1 aromatic rings. The third-order valence-corrected chi connectivity index (χ3v) is 3.89. The fourth-order valence-corrected chi connectivity index (χ4v) is 2.38. The van der Waals surface area contributed by atoms with Crippen LogP contribution in [0.4, 0.5) is 0 Å². The molecule has 138 valence electrons. The average Bonchev–Trinajstić information content (AvgIpc) is 3.11. The molecule has 0 radical (unpaired) electrons. The lowest BCUT2D eigenvalue weighted by Crippen LogP contribution is -2.37. The minimum atomic E-state index is -0.832. The maximum atomic E-state index is 12.1. The third-order valence-electron chi connectivity index (χ3n) is 3.89. The molecule has 1 aliphatic rings. The van der Waals surface area contributed by atoms with Gasteiger partial charge in [0.1, 0.15) is 12.4 Å². The minimum absolute atomic E-state index is 0.148. The van der Waals surface area contributed by atoms with Crippen LogP contribution in [0.25, 0.3) is 0 Å². The second kappa shape index (κ2) is 9.42. The number of carbonyl (C=O) groups is 2. The van der Waals surface area contributed by atoms with Gasteiger partial charge in [-0.2, -0.15) is 0 Å². The van der Waals surface area contributed by atoms with Crippen LogP contribution >= 0.6 is 0 Å². The zero-order valence-electron chi connectivity index (χ0n) is 15.1. The number of carbonyl (C=O) groups excluding carboxylic acids is 2. The molecule has 1 aliphatic heterocycles. The molecular formula is C19H27NO5. The van der Waals surface area contributed by atoms with Crippen LogP contribution in [-0.2, 0) is 14.3 Å². The van der Waals surface area contributed by atoms with E-state index in [9.17, 15) is 9.59 Å². The van der Waals surface area contributed by atoms with Gasteiger partial charge in [-0.15, -0.1) is 0 Å². The summed E-state index contributed by atoms with van der Waals surface area (Å²) in [6, 6.07) is 6.70. The van der Waals surface area contributed by atoms with Gasteiger partial charge in [0.25, 0.3) is 5.91 Å². The van der Waals surface area contributed by atoms with Crippen molar-refractivity contribution in [1.29, 1.82) is 0 Å². The van der Waals surface area contributed by atoms with Crippen molar-refractivity contribution in [2.24, 2.45) is 5.92 Å². The number of benzene rings is 1. The summed E-state index contributed by atoms with van der Waals surface area (Å²) in [6.07, 6.45) is 1.40. The summed E-state index contributed by atoms with van der Waals surface area (Å²) in [4.78, 5) is 24.0. The molecular weight excluding hydrogens is 322 g/mol. The Morgan fingerprint density at radius 1 is 1.24 bits per heavy atom. The van der Waals surface area contributed by atoms with Gasteiger partial charge in [0.05, 0.1) is 11.7 Å².